The number of benzene rings is 1. The van der Waals surface area contributed by atoms with Gasteiger partial charge in [0.15, 0.2) is 0 Å². The van der Waals surface area contributed by atoms with Crippen LogP contribution in [0.3, 0.4) is 0 Å². The molecule has 0 N–H and O–H groups in total. The number of hydrogen-bond acceptors (Lipinski definition) is 2. The van der Waals surface area contributed by atoms with E-state index in [1.54, 1.807) is 0 Å². The van der Waals surface area contributed by atoms with Gasteiger partial charge in [0, 0.05) is 0 Å². The van der Waals surface area contributed by atoms with Crippen LogP contribution in [0.5, 0.6) is 0 Å². The van der Waals surface area contributed by atoms with Gasteiger partial charge in [-0.25, -0.2) is 0 Å². The number of nitrogens with zero attached hydrogens (tertiary/aromatic N) is 2. The van der Waals surface area contributed by atoms with Crippen molar-refractivity contribution in [3.63, 3.8) is 0 Å². The van der Waals surface area contributed by atoms with Gasteiger partial charge >= 0.3 is 0 Å². The first-order valence-electron chi connectivity index (χ1n) is 10.2. The van der Waals surface area contributed by atoms with Gasteiger partial charge in [-0.15, -0.1) is 0 Å². The van der Waals surface area contributed by atoms with Gasteiger partial charge in [-0.3, -0.25) is 0 Å². The van der Waals surface area contributed by atoms with Crippen molar-refractivity contribution in [1.29, 1.82) is 0 Å². The smallest absolute Gasteiger partial charge is 0.000654 e. The van der Waals surface area contributed by atoms with Crippen molar-refractivity contribution in [2.24, 2.45) is 5.92 Å². The van der Waals surface area contributed by atoms with Crippen molar-refractivity contribution in [1.82, 2.24) is 9.80 Å². The Hall–Kier alpha value is -0.860. The Morgan fingerprint density at radius 1 is 0.917 bits per heavy atom. The van der Waals surface area contributed by atoms with Crippen LogP contribution < -0.4 is 0 Å². The molecule has 0 radical (unpaired) electrons. The molecule has 0 atom stereocenters. The maximum Gasteiger partial charge on any atom is -0.000654 e. The second-order valence-corrected chi connectivity index (χ2v) is 7.87. The first-order chi connectivity index (χ1) is 11.7. The standard InChI is InChI=1S/C22H38N2/c1-21(2)14-20-24(17-9-13-22-11-5-3-6-12-22)19-10-18-23-15-7-4-8-16-23/h3,5-6,11-12,21H,4,7-10,13-20H2,1-2H3. The van der Waals surface area contributed by atoms with Crippen LogP contribution in [0.4, 0.5) is 0 Å². The molecule has 1 fully saturated rings. The van der Waals surface area contributed by atoms with Crippen LogP contribution >= 0.6 is 0 Å². The highest BCUT2D eigenvalue weighted by Crippen LogP contribution is 2.10. The Balaban J connectivity index is 1.67. The molecule has 24 heavy (non-hydrogen) atoms. The Morgan fingerprint density at radius 3 is 2.33 bits per heavy atom. The molecule has 0 aliphatic carbocycles. The molecule has 0 amide bonds. The lowest BCUT2D eigenvalue weighted by Crippen LogP contribution is -2.34. The van der Waals surface area contributed by atoms with Gasteiger partial charge < -0.3 is 9.80 Å². The highest BCUT2D eigenvalue weighted by Gasteiger charge is 2.11. The van der Waals surface area contributed by atoms with E-state index in [0.29, 0.717) is 0 Å². The fourth-order valence-electron chi connectivity index (χ4n) is 3.63. The summed E-state index contributed by atoms with van der Waals surface area (Å²) in [4.78, 5) is 5.39. The third-order valence-electron chi connectivity index (χ3n) is 5.20. The number of aryl methyl sites for hydroxylation is 1. The molecular formula is C22H38N2. The van der Waals surface area contributed by atoms with E-state index in [0.717, 1.165) is 5.92 Å². The average Bonchev–Trinajstić information content (AvgIpc) is 2.61. The molecule has 1 aliphatic rings. The molecule has 2 nitrogen and oxygen atoms in total. The van der Waals surface area contributed by atoms with E-state index >= 15 is 0 Å². The summed E-state index contributed by atoms with van der Waals surface area (Å²) in [7, 11) is 0. The predicted octanol–water partition coefficient (Wildman–Crippen LogP) is 4.84. The van der Waals surface area contributed by atoms with Crippen molar-refractivity contribution in [2.45, 2.75) is 58.8 Å². The van der Waals surface area contributed by atoms with Crippen LogP contribution in [-0.2, 0) is 6.42 Å². The zero-order valence-corrected chi connectivity index (χ0v) is 16.1. The van der Waals surface area contributed by atoms with Gasteiger partial charge in [0.25, 0.3) is 0 Å². The van der Waals surface area contributed by atoms with Crippen molar-refractivity contribution in [3.05, 3.63) is 35.9 Å². The lowest BCUT2D eigenvalue weighted by Gasteiger charge is -2.28. The molecule has 136 valence electrons. The Morgan fingerprint density at radius 2 is 1.62 bits per heavy atom. The number of hydrogen-bond donors (Lipinski definition) is 0. The Kier molecular flexibility index (Phi) is 9.45. The zero-order chi connectivity index (χ0) is 17.0. The molecule has 1 aliphatic heterocycles. The Labute approximate surface area is 150 Å². The maximum atomic E-state index is 2.72. The molecule has 1 heterocycles. The first kappa shape index (κ1) is 19.5. The summed E-state index contributed by atoms with van der Waals surface area (Å²) in [6, 6.07) is 10.9. The van der Waals surface area contributed by atoms with Gasteiger partial charge in [-0.2, -0.15) is 0 Å². The fourth-order valence-corrected chi connectivity index (χ4v) is 3.63. The normalized spacial score (nSPS) is 16.2. The summed E-state index contributed by atoms with van der Waals surface area (Å²) in [5, 5.41) is 0. The van der Waals surface area contributed by atoms with Crippen molar-refractivity contribution < 1.29 is 0 Å². The molecule has 0 bridgehead atoms. The lowest BCUT2D eigenvalue weighted by atomic mass is 10.1. The van der Waals surface area contributed by atoms with Crippen LogP contribution in [-0.4, -0.2) is 49.1 Å². The van der Waals surface area contributed by atoms with E-state index in [1.807, 2.05) is 0 Å². The molecule has 1 saturated heterocycles. The maximum absolute atomic E-state index is 2.72. The summed E-state index contributed by atoms with van der Waals surface area (Å²) < 4.78 is 0. The summed E-state index contributed by atoms with van der Waals surface area (Å²) in [5.74, 6) is 0.809. The highest BCUT2D eigenvalue weighted by atomic mass is 15.1. The summed E-state index contributed by atoms with van der Waals surface area (Å²) in [5.41, 5.74) is 1.48. The molecule has 1 aromatic rings. The monoisotopic (exact) mass is 330 g/mol. The zero-order valence-electron chi connectivity index (χ0n) is 16.1. The number of piperidine rings is 1. The van der Waals surface area contributed by atoms with Gasteiger partial charge in [-0.05, 0) is 89.3 Å². The second kappa shape index (κ2) is 11.7. The minimum Gasteiger partial charge on any atom is -0.303 e. The number of likely N-dealkylation sites (tertiary alicyclic amines) is 1. The van der Waals surface area contributed by atoms with Crippen LogP contribution in [0.2, 0.25) is 0 Å². The van der Waals surface area contributed by atoms with Crippen LogP contribution in [0.25, 0.3) is 0 Å². The van der Waals surface area contributed by atoms with Gasteiger partial charge in [0.2, 0.25) is 0 Å². The molecule has 1 aromatic carbocycles. The van der Waals surface area contributed by atoms with E-state index < -0.39 is 0 Å². The van der Waals surface area contributed by atoms with E-state index in [4.69, 9.17) is 0 Å². The molecule has 0 spiro atoms. The molecule has 0 unspecified atom stereocenters. The molecule has 0 saturated carbocycles. The third kappa shape index (κ3) is 8.30. The van der Waals surface area contributed by atoms with Crippen molar-refractivity contribution >= 4 is 0 Å². The first-order valence-corrected chi connectivity index (χ1v) is 10.2. The van der Waals surface area contributed by atoms with E-state index in [9.17, 15) is 0 Å². The largest absolute Gasteiger partial charge is 0.303 e. The lowest BCUT2D eigenvalue weighted by molar-refractivity contribution is 0.197. The minimum absolute atomic E-state index is 0.809. The van der Waals surface area contributed by atoms with Crippen LogP contribution in [0, 0.1) is 5.92 Å². The summed E-state index contributed by atoms with van der Waals surface area (Å²) in [6.07, 6.45) is 9.42. The van der Waals surface area contributed by atoms with Crippen molar-refractivity contribution in [3.8, 4) is 0 Å². The fraction of sp³-hybridized carbons (Fsp3) is 0.727. The summed E-state index contributed by atoms with van der Waals surface area (Å²) in [6.45, 7) is 12.5. The van der Waals surface area contributed by atoms with E-state index in [1.165, 1.54) is 89.8 Å². The molecule has 2 rings (SSSR count). The molecule has 0 aromatic heterocycles. The predicted molar refractivity (Wildman–Crippen MR) is 106 cm³/mol. The van der Waals surface area contributed by atoms with Gasteiger partial charge in [0.1, 0.15) is 0 Å². The molecule has 2 heteroatoms. The van der Waals surface area contributed by atoms with E-state index in [-0.39, 0.29) is 0 Å². The highest BCUT2D eigenvalue weighted by molar-refractivity contribution is 5.14. The third-order valence-corrected chi connectivity index (χ3v) is 5.20. The van der Waals surface area contributed by atoms with Crippen LogP contribution in [0.15, 0.2) is 30.3 Å². The summed E-state index contributed by atoms with van der Waals surface area (Å²) >= 11 is 0. The SMILES string of the molecule is CC(C)CCN(CCCc1ccccc1)CCCN1CCCCC1. The van der Waals surface area contributed by atoms with Crippen LogP contribution in [0.1, 0.15) is 57.9 Å². The average molecular weight is 331 g/mol. The minimum atomic E-state index is 0.809. The Bertz CT molecular complexity index is 409. The van der Waals surface area contributed by atoms with Crippen molar-refractivity contribution in [2.75, 3.05) is 39.3 Å². The topological polar surface area (TPSA) is 6.48 Å². The molecular weight excluding hydrogens is 292 g/mol. The van der Waals surface area contributed by atoms with Gasteiger partial charge in [-0.1, -0.05) is 50.6 Å². The van der Waals surface area contributed by atoms with E-state index in [2.05, 4.69) is 54.0 Å². The van der Waals surface area contributed by atoms with Gasteiger partial charge in [0.05, 0.1) is 0 Å². The quantitative estimate of drug-likeness (QED) is 0.572. The second-order valence-electron chi connectivity index (χ2n) is 7.87. The number of rotatable bonds is 11.